The molecule has 116 valence electrons. The van der Waals surface area contributed by atoms with E-state index >= 15 is 0 Å². The Morgan fingerprint density at radius 1 is 1.24 bits per heavy atom. The lowest BCUT2D eigenvalue weighted by Crippen LogP contribution is -2.61. The van der Waals surface area contributed by atoms with Crippen LogP contribution in [0.25, 0.3) is 0 Å². The first-order chi connectivity index (χ1) is 10.3. The molecule has 0 amide bonds. The van der Waals surface area contributed by atoms with Crippen molar-refractivity contribution in [3.05, 3.63) is 22.4 Å². The lowest BCUT2D eigenvalue weighted by Gasteiger charge is -2.51. The normalized spacial score (nSPS) is 27.2. The summed E-state index contributed by atoms with van der Waals surface area (Å²) in [6.07, 6.45) is 5.48. The van der Waals surface area contributed by atoms with Crippen molar-refractivity contribution in [2.45, 2.75) is 37.8 Å². The third-order valence-corrected chi connectivity index (χ3v) is 6.23. The van der Waals surface area contributed by atoms with Gasteiger partial charge in [0.25, 0.3) is 0 Å². The van der Waals surface area contributed by atoms with Gasteiger partial charge < -0.3 is 4.74 Å². The fourth-order valence-electron chi connectivity index (χ4n) is 3.89. The van der Waals surface area contributed by atoms with Gasteiger partial charge >= 0.3 is 0 Å². The molecule has 0 aromatic carbocycles. The van der Waals surface area contributed by atoms with Gasteiger partial charge in [-0.25, -0.2) is 0 Å². The highest BCUT2D eigenvalue weighted by Gasteiger charge is 2.43. The molecule has 1 aliphatic carbocycles. The molecule has 1 spiro atoms. The summed E-state index contributed by atoms with van der Waals surface area (Å²) in [7, 11) is 0. The lowest BCUT2D eigenvalue weighted by molar-refractivity contribution is -0.0970. The predicted molar refractivity (Wildman–Crippen MR) is 86.7 cm³/mol. The Kier molecular flexibility index (Phi) is 4.05. The first kappa shape index (κ1) is 14.2. The molecule has 0 bridgehead atoms. The molecule has 0 radical (unpaired) electrons. The molecule has 3 fully saturated rings. The van der Waals surface area contributed by atoms with Crippen LogP contribution >= 0.6 is 11.3 Å². The van der Waals surface area contributed by atoms with Gasteiger partial charge in [0.2, 0.25) is 0 Å². The molecule has 3 nitrogen and oxygen atoms in total. The molecule has 0 unspecified atom stereocenters. The number of nitrogens with zero attached hydrogens (tertiary/aromatic N) is 2. The number of morpholine rings is 1. The Bertz CT molecular complexity index is 449. The van der Waals surface area contributed by atoms with Crippen LogP contribution in [-0.2, 0) is 11.3 Å². The summed E-state index contributed by atoms with van der Waals surface area (Å²) in [5.41, 5.74) is 1.83. The van der Waals surface area contributed by atoms with E-state index in [1.807, 2.05) is 11.3 Å². The second kappa shape index (κ2) is 5.99. The number of hydrogen-bond donors (Lipinski definition) is 0. The topological polar surface area (TPSA) is 15.7 Å². The maximum absolute atomic E-state index is 5.88. The summed E-state index contributed by atoms with van der Waals surface area (Å²) < 4.78 is 5.88. The van der Waals surface area contributed by atoms with Gasteiger partial charge in [0.1, 0.15) is 0 Å². The fourth-order valence-corrected chi connectivity index (χ4v) is 4.55. The van der Waals surface area contributed by atoms with Crippen molar-refractivity contribution in [1.29, 1.82) is 0 Å². The van der Waals surface area contributed by atoms with Crippen LogP contribution in [-0.4, -0.2) is 54.7 Å². The van der Waals surface area contributed by atoms with Crippen LogP contribution in [0.15, 0.2) is 16.8 Å². The summed E-state index contributed by atoms with van der Waals surface area (Å²) in [6, 6.07) is 2.26. The third kappa shape index (κ3) is 3.19. The molecular formula is C17H26N2OS. The van der Waals surface area contributed by atoms with Gasteiger partial charge in [0.05, 0.1) is 13.2 Å². The van der Waals surface area contributed by atoms with Crippen LogP contribution in [0.5, 0.6) is 0 Å². The van der Waals surface area contributed by atoms with Gasteiger partial charge in [-0.2, -0.15) is 11.3 Å². The van der Waals surface area contributed by atoms with Crippen LogP contribution in [0.1, 0.15) is 31.2 Å². The number of thiophene rings is 1. The minimum absolute atomic E-state index is 0.353. The van der Waals surface area contributed by atoms with E-state index in [1.54, 1.807) is 0 Å². The van der Waals surface area contributed by atoms with Crippen molar-refractivity contribution in [2.75, 3.05) is 39.4 Å². The molecule has 2 saturated heterocycles. The fraction of sp³-hybridized carbons (Fsp3) is 0.765. The first-order valence-electron chi connectivity index (χ1n) is 8.40. The summed E-state index contributed by atoms with van der Waals surface area (Å²) in [6.45, 7) is 7.96. The molecule has 2 aliphatic heterocycles. The van der Waals surface area contributed by atoms with Crippen LogP contribution in [0.3, 0.4) is 0 Å². The van der Waals surface area contributed by atoms with Crippen molar-refractivity contribution in [3.8, 4) is 0 Å². The lowest BCUT2D eigenvalue weighted by atomic mass is 9.85. The maximum atomic E-state index is 5.88. The highest BCUT2D eigenvalue weighted by atomic mass is 32.1. The van der Waals surface area contributed by atoms with E-state index in [0.29, 0.717) is 5.54 Å². The maximum Gasteiger partial charge on any atom is 0.0652 e. The summed E-state index contributed by atoms with van der Waals surface area (Å²) in [5, 5.41) is 4.47. The Hall–Kier alpha value is -0.420. The van der Waals surface area contributed by atoms with E-state index in [-0.39, 0.29) is 0 Å². The number of ether oxygens (including phenoxy) is 1. The van der Waals surface area contributed by atoms with Gasteiger partial charge in [0.15, 0.2) is 0 Å². The van der Waals surface area contributed by atoms with E-state index in [9.17, 15) is 0 Å². The molecular weight excluding hydrogens is 280 g/mol. The van der Waals surface area contributed by atoms with Gasteiger partial charge in [0, 0.05) is 38.3 Å². The van der Waals surface area contributed by atoms with Crippen molar-refractivity contribution in [2.24, 2.45) is 5.92 Å². The highest BCUT2D eigenvalue weighted by molar-refractivity contribution is 7.07. The number of piperidine rings is 1. The zero-order valence-corrected chi connectivity index (χ0v) is 13.6. The average molecular weight is 306 g/mol. The van der Waals surface area contributed by atoms with Crippen molar-refractivity contribution in [3.63, 3.8) is 0 Å². The van der Waals surface area contributed by atoms with E-state index in [2.05, 4.69) is 26.6 Å². The van der Waals surface area contributed by atoms with Crippen LogP contribution in [0, 0.1) is 5.92 Å². The molecule has 4 heteroatoms. The molecule has 0 atom stereocenters. The van der Waals surface area contributed by atoms with Crippen molar-refractivity contribution >= 4 is 11.3 Å². The molecule has 0 N–H and O–H groups in total. The van der Waals surface area contributed by atoms with Gasteiger partial charge in [-0.15, -0.1) is 0 Å². The van der Waals surface area contributed by atoms with E-state index in [4.69, 9.17) is 4.74 Å². The Balaban J connectivity index is 1.37. The zero-order chi connectivity index (χ0) is 14.1. The molecule has 1 aromatic heterocycles. The second-order valence-corrected chi connectivity index (χ2v) is 7.85. The number of likely N-dealkylation sites (tertiary alicyclic amines) is 1. The minimum Gasteiger partial charge on any atom is -0.378 e. The average Bonchev–Trinajstić information content (AvgIpc) is 3.18. The molecule has 21 heavy (non-hydrogen) atoms. The van der Waals surface area contributed by atoms with Crippen molar-refractivity contribution in [1.82, 2.24) is 9.80 Å². The van der Waals surface area contributed by atoms with Gasteiger partial charge in [-0.3, -0.25) is 9.80 Å². The van der Waals surface area contributed by atoms with E-state index < -0.39 is 0 Å². The molecule has 4 rings (SSSR count). The monoisotopic (exact) mass is 306 g/mol. The van der Waals surface area contributed by atoms with Crippen LogP contribution in [0.2, 0.25) is 0 Å². The quantitative estimate of drug-likeness (QED) is 0.851. The van der Waals surface area contributed by atoms with Crippen LogP contribution in [0.4, 0.5) is 0 Å². The van der Waals surface area contributed by atoms with Gasteiger partial charge in [-0.1, -0.05) is 0 Å². The van der Waals surface area contributed by atoms with Crippen LogP contribution < -0.4 is 0 Å². The number of rotatable bonds is 4. The molecule has 1 saturated carbocycles. The summed E-state index contributed by atoms with van der Waals surface area (Å²) in [5.74, 6) is 0.990. The highest BCUT2D eigenvalue weighted by Crippen LogP contribution is 2.37. The van der Waals surface area contributed by atoms with Gasteiger partial charge in [-0.05, 0) is 54.0 Å². The molecule has 3 aliphatic rings. The largest absolute Gasteiger partial charge is 0.378 e. The number of hydrogen-bond acceptors (Lipinski definition) is 4. The second-order valence-electron chi connectivity index (χ2n) is 7.07. The van der Waals surface area contributed by atoms with E-state index in [1.165, 1.54) is 50.9 Å². The SMILES string of the molecule is c1cc(CN2CCC3(CC2)COCCN3CC2CC2)cs1. The first-order valence-corrected chi connectivity index (χ1v) is 9.35. The summed E-state index contributed by atoms with van der Waals surface area (Å²) in [4.78, 5) is 5.41. The third-order valence-electron chi connectivity index (χ3n) is 5.50. The van der Waals surface area contributed by atoms with Crippen molar-refractivity contribution < 1.29 is 4.74 Å². The Morgan fingerprint density at radius 2 is 2.10 bits per heavy atom. The zero-order valence-electron chi connectivity index (χ0n) is 12.8. The minimum atomic E-state index is 0.353. The molecule has 1 aromatic rings. The van der Waals surface area contributed by atoms with E-state index in [0.717, 1.165) is 32.2 Å². The Labute approximate surface area is 131 Å². The standard InChI is InChI=1S/C17H26N2OS/c1-2-15(1)12-19-8-9-20-14-17(19)4-6-18(7-5-17)11-16-3-10-21-13-16/h3,10,13,15H,1-2,4-9,11-12,14H2. The summed E-state index contributed by atoms with van der Waals surface area (Å²) >= 11 is 1.81. The molecule has 3 heterocycles. The Morgan fingerprint density at radius 3 is 2.81 bits per heavy atom. The predicted octanol–water partition coefficient (Wildman–Crippen LogP) is 2.82. The smallest absolute Gasteiger partial charge is 0.0652 e.